The van der Waals surface area contributed by atoms with Crippen LogP contribution in [0.2, 0.25) is 5.02 Å². The van der Waals surface area contributed by atoms with Gasteiger partial charge < -0.3 is 20.1 Å². The van der Waals surface area contributed by atoms with E-state index >= 15 is 0 Å². The standard InChI is InChI=1S/C26H28ClN5O5S/c1-15-7-16(27)8-20(19(15)9-17-11-28-4-6-37-17)24-25-21(29-14-30-24)10-18(38-25)12-32-22(33)13-31(26(32)36)5-2-3-23(34)35/h7-8,10,14,17,28H,2-6,9,11-13H2,1H3,(H,34,35). The second-order valence-electron chi connectivity index (χ2n) is 9.48. The van der Waals surface area contributed by atoms with Gasteiger partial charge in [0, 0.05) is 47.9 Å². The van der Waals surface area contributed by atoms with Crippen LogP contribution in [0.1, 0.15) is 28.8 Å². The molecule has 0 saturated carbocycles. The van der Waals surface area contributed by atoms with Crippen molar-refractivity contribution in [3.63, 3.8) is 0 Å². The van der Waals surface area contributed by atoms with Crippen LogP contribution in [0.3, 0.4) is 0 Å². The van der Waals surface area contributed by atoms with Gasteiger partial charge in [-0.15, -0.1) is 11.3 Å². The topological polar surface area (TPSA) is 125 Å². The summed E-state index contributed by atoms with van der Waals surface area (Å²) in [5.41, 5.74) is 4.57. The average molecular weight is 558 g/mol. The van der Waals surface area contributed by atoms with Crippen molar-refractivity contribution >= 4 is 51.1 Å². The quantitative estimate of drug-likeness (QED) is 0.383. The van der Waals surface area contributed by atoms with Gasteiger partial charge in [0.05, 0.1) is 35.2 Å². The lowest BCUT2D eigenvalue weighted by molar-refractivity contribution is -0.137. The maximum absolute atomic E-state index is 12.8. The van der Waals surface area contributed by atoms with Gasteiger partial charge in [0.25, 0.3) is 5.91 Å². The Morgan fingerprint density at radius 1 is 1.29 bits per heavy atom. The molecule has 38 heavy (non-hydrogen) atoms. The van der Waals surface area contributed by atoms with Crippen molar-refractivity contribution < 1.29 is 24.2 Å². The van der Waals surface area contributed by atoms with Gasteiger partial charge in [-0.05, 0) is 42.7 Å². The fourth-order valence-corrected chi connectivity index (χ4v) is 6.28. The van der Waals surface area contributed by atoms with Crippen LogP contribution < -0.4 is 5.32 Å². The molecule has 2 N–H and O–H groups in total. The number of aliphatic carboxylic acids is 1. The number of morpholine rings is 1. The normalized spacial score (nSPS) is 18.1. The number of aryl methyl sites for hydroxylation is 1. The summed E-state index contributed by atoms with van der Waals surface area (Å²) in [6, 6.07) is 5.34. The number of nitrogens with one attached hydrogen (secondary N) is 1. The number of carbonyl (C=O) groups excluding carboxylic acids is 2. The minimum atomic E-state index is -0.928. The summed E-state index contributed by atoms with van der Waals surface area (Å²) in [6.07, 6.45) is 2.52. The summed E-state index contributed by atoms with van der Waals surface area (Å²) in [5.74, 6) is -1.23. The van der Waals surface area contributed by atoms with E-state index in [1.165, 1.54) is 27.5 Å². The van der Waals surface area contributed by atoms with Crippen LogP contribution in [0.5, 0.6) is 0 Å². The van der Waals surface area contributed by atoms with Crippen LogP contribution in [0.4, 0.5) is 4.79 Å². The molecule has 1 unspecified atom stereocenters. The number of halogens is 1. The SMILES string of the molecule is Cc1cc(Cl)cc(-c2ncnc3cc(CN4C(=O)CN(CCCC(=O)O)C4=O)sc23)c1CC1CNCCO1. The Hall–Kier alpha value is -3.12. The van der Waals surface area contributed by atoms with Crippen molar-refractivity contribution in [1.29, 1.82) is 0 Å². The van der Waals surface area contributed by atoms with E-state index < -0.39 is 12.0 Å². The molecule has 2 aromatic heterocycles. The van der Waals surface area contributed by atoms with Crippen molar-refractivity contribution in [3.05, 3.63) is 45.6 Å². The van der Waals surface area contributed by atoms with E-state index in [9.17, 15) is 14.4 Å². The average Bonchev–Trinajstić information content (AvgIpc) is 3.41. The second kappa shape index (κ2) is 11.3. The lowest BCUT2D eigenvalue weighted by atomic mass is 9.94. The third-order valence-electron chi connectivity index (χ3n) is 6.75. The van der Waals surface area contributed by atoms with Gasteiger partial charge in [0.15, 0.2) is 0 Å². The van der Waals surface area contributed by atoms with Crippen molar-refractivity contribution in [3.8, 4) is 11.3 Å². The van der Waals surface area contributed by atoms with E-state index in [2.05, 4.69) is 15.3 Å². The van der Waals surface area contributed by atoms with E-state index in [-0.39, 0.29) is 38.1 Å². The minimum Gasteiger partial charge on any atom is -0.481 e. The highest BCUT2D eigenvalue weighted by Crippen LogP contribution is 2.37. The molecule has 4 heterocycles. The van der Waals surface area contributed by atoms with Gasteiger partial charge in [-0.1, -0.05) is 11.6 Å². The molecule has 0 aliphatic carbocycles. The number of carbonyl (C=O) groups is 3. The number of rotatable bonds is 9. The van der Waals surface area contributed by atoms with Crippen LogP contribution in [0, 0.1) is 6.92 Å². The number of nitrogens with zero attached hydrogens (tertiary/aromatic N) is 4. The fraction of sp³-hybridized carbons (Fsp3) is 0.423. The Labute approximate surface area is 228 Å². The molecule has 2 fully saturated rings. The predicted molar refractivity (Wildman–Crippen MR) is 143 cm³/mol. The minimum absolute atomic E-state index is 0.0440. The van der Waals surface area contributed by atoms with Crippen molar-refractivity contribution in [2.75, 3.05) is 32.8 Å². The highest BCUT2D eigenvalue weighted by Gasteiger charge is 2.36. The molecule has 200 valence electrons. The zero-order valence-corrected chi connectivity index (χ0v) is 22.5. The molecule has 3 amide bonds. The van der Waals surface area contributed by atoms with E-state index in [4.69, 9.17) is 21.4 Å². The number of imide groups is 1. The molecule has 5 rings (SSSR count). The lowest BCUT2D eigenvalue weighted by Gasteiger charge is -2.25. The van der Waals surface area contributed by atoms with E-state index in [1.807, 2.05) is 25.1 Å². The Morgan fingerprint density at radius 2 is 2.13 bits per heavy atom. The first kappa shape index (κ1) is 26.5. The van der Waals surface area contributed by atoms with Gasteiger partial charge in [-0.2, -0.15) is 0 Å². The summed E-state index contributed by atoms with van der Waals surface area (Å²) < 4.78 is 6.81. The molecule has 0 bridgehead atoms. The first-order valence-electron chi connectivity index (χ1n) is 12.5. The zero-order valence-electron chi connectivity index (χ0n) is 20.9. The number of hydrogen-bond acceptors (Lipinski definition) is 8. The number of carboxylic acids is 1. The molecule has 2 saturated heterocycles. The maximum Gasteiger partial charge on any atom is 0.327 e. The van der Waals surface area contributed by atoms with Crippen molar-refractivity contribution in [2.45, 2.75) is 38.8 Å². The molecule has 10 nitrogen and oxygen atoms in total. The first-order chi connectivity index (χ1) is 18.3. The third-order valence-corrected chi connectivity index (χ3v) is 8.09. The van der Waals surface area contributed by atoms with Gasteiger partial charge in [0.2, 0.25) is 0 Å². The Bertz CT molecular complexity index is 1390. The maximum atomic E-state index is 12.8. The summed E-state index contributed by atoms with van der Waals surface area (Å²) in [5, 5.41) is 12.8. The first-order valence-corrected chi connectivity index (χ1v) is 13.7. The zero-order chi connectivity index (χ0) is 26.8. The number of thiophene rings is 1. The highest BCUT2D eigenvalue weighted by molar-refractivity contribution is 7.19. The van der Waals surface area contributed by atoms with Crippen LogP contribution in [-0.4, -0.2) is 81.7 Å². The molecule has 3 aromatic rings. The molecule has 1 aromatic carbocycles. The molecule has 1 atom stereocenters. The highest BCUT2D eigenvalue weighted by atomic mass is 35.5. The van der Waals surface area contributed by atoms with Gasteiger partial charge >= 0.3 is 12.0 Å². The van der Waals surface area contributed by atoms with Crippen molar-refractivity contribution in [1.82, 2.24) is 25.1 Å². The van der Waals surface area contributed by atoms with E-state index in [0.717, 1.165) is 50.6 Å². The number of benzene rings is 1. The van der Waals surface area contributed by atoms with Crippen LogP contribution in [-0.2, 0) is 27.3 Å². The lowest BCUT2D eigenvalue weighted by Crippen LogP contribution is -2.39. The molecule has 2 aliphatic rings. The van der Waals surface area contributed by atoms with E-state index in [0.29, 0.717) is 24.5 Å². The summed E-state index contributed by atoms with van der Waals surface area (Å²) >= 11 is 7.93. The largest absolute Gasteiger partial charge is 0.481 e. The van der Waals surface area contributed by atoms with Gasteiger partial charge in [0.1, 0.15) is 12.9 Å². The molecule has 0 spiro atoms. The number of carboxylic acid groups (broad SMARTS) is 1. The predicted octanol–water partition coefficient (Wildman–Crippen LogP) is 3.48. The van der Waals surface area contributed by atoms with Gasteiger partial charge in [-0.3, -0.25) is 14.5 Å². The molecule has 2 aliphatic heterocycles. The molecule has 12 heteroatoms. The second-order valence-corrected chi connectivity index (χ2v) is 11.1. The Kier molecular flexibility index (Phi) is 7.89. The smallest absolute Gasteiger partial charge is 0.327 e. The summed E-state index contributed by atoms with van der Waals surface area (Å²) in [7, 11) is 0. The number of hydrogen-bond donors (Lipinski definition) is 2. The number of fused-ring (bicyclic) bond motifs is 1. The third kappa shape index (κ3) is 5.65. The monoisotopic (exact) mass is 557 g/mol. The Morgan fingerprint density at radius 3 is 2.89 bits per heavy atom. The van der Waals surface area contributed by atoms with Gasteiger partial charge in [-0.25, -0.2) is 14.8 Å². The number of ether oxygens (including phenoxy) is 1. The Balaban J connectivity index is 1.42. The number of amides is 3. The van der Waals surface area contributed by atoms with Crippen molar-refractivity contribution in [2.24, 2.45) is 0 Å². The molecule has 0 radical (unpaired) electrons. The summed E-state index contributed by atoms with van der Waals surface area (Å²) in [6.45, 7) is 4.63. The van der Waals surface area contributed by atoms with Crippen LogP contribution in [0.25, 0.3) is 21.5 Å². The number of aromatic nitrogens is 2. The van der Waals surface area contributed by atoms with Crippen LogP contribution in [0.15, 0.2) is 24.5 Å². The molecular weight excluding hydrogens is 530 g/mol. The van der Waals surface area contributed by atoms with Crippen LogP contribution >= 0.6 is 22.9 Å². The summed E-state index contributed by atoms with van der Waals surface area (Å²) in [4.78, 5) is 48.7. The number of urea groups is 1. The fourth-order valence-electron chi connectivity index (χ4n) is 4.91. The molecular formula is C26H28ClN5O5S. The van der Waals surface area contributed by atoms with E-state index in [1.54, 1.807) is 0 Å².